The summed E-state index contributed by atoms with van der Waals surface area (Å²) < 4.78 is 6.00. The van der Waals surface area contributed by atoms with E-state index in [1.165, 1.54) is 154 Å². The van der Waals surface area contributed by atoms with Crippen LogP contribution < -0.4 is 0 Å². The van der Waals surface area contributed by atoms with Gasteiger partial charge in [0.1, 0.15) is 11.9 Å². The largest absolute Gasteiger partial charge is 0.462 e. The Hall–Kier alpha value is -0.860. The topological polar surface area (TPSA) is 43.4 Å². The first-order valence-corrected chi connectivity index (χ1v) is 19.3. The summed E-state index contributed by atoms with van der Waals surface area (Å²) in [6.07, 6.45) is 39.6. The zero-order valence-electron chi connectivity index (χ0n) is 29.1. The van der Waals surface area contributed by atoms with E-state index in [1.54, 1.807) is 0 Å². The van der Waals surface area contributed by atoms with Crippen molar-refractivity contribution in [3.05, 3.63) is 0 Å². The Balaban J connectivity index is 4.01. The first-order valence-electron chi connectivity index (χ1n) is 19.3. The van der Waals surface area contributed by atoms with Gasteiger partial charge in [0.15, 0.2) is 0 Å². The lowest BCUT2D eigenvalue weighted by atomic mass is 10.0. The SMILES string of the molecule is CCCCCCCCCCCC(=O)CCCCCC(=O)OC(CCCCCCCCCC)CCCCCCCCCC. The number of ether oxygens (including phenoxy) is 1. The van der Waals surface area contributed by atoms with Gasteiger partial charge in [0.25, 0.3) is 0 Å². The zero-order valence-corrected chi connectivity index (χ0v) is 29.1. The van der Waals surface area contributed by atoms with Gasteiger partial charge < -0.3 is 4.74 Å². The summed E-state index contributed by atoms with van der Waals surface area (Å²) in [6, 6.07) is 0. The predicted molar refractivity (Wildman–Crippen MR) is 184 cm³/mol. The van der Waals surface area contributed by atoms with Crippen LogP contribution in [0.5, 0.6) is 0 Å². The molecule has 0 saturated carbocycles. The molecule has 0 aliphatic heterocycles. The lowest BCUT2D eigenvalue weighted by molar-refractivity contribution is -0.150. The van der Waals surface area contributed by atoms with Crippen molar-refractivity contribution in [2.45, 2.75) is 239 Å². The molecule has 0 aliphatic carbocycles. The third kappa shape index (κ3) is 32.1. The Labute approximate surface area is 264 Å². The van der Waals surface area contributed by atoms with E-state index in [9.17, 15) is 9.59 Å². The minimum Gasteiger partial charge on any atom is -0.462 e. The van der Waals surface area contributed by atoms with Crippen molar-refractivity contribution in [1.29, 1.82) is 0 Å². The number of carbonyl (C=O) groups is 2. The molecule has 0 aromatic carbocycles. The Kier molecular flexibility index (Phi) is 33.9. The Morgan fingerprint density at radius 1 is 0.381 bits per heavy atom. The van der Waals surface area contributed by atoms with E-state index in [0.29, 0.717) is 18.6 Å². The van der Waals surface area contributed by atoms with Gasteiger partial charge in [-0.05, 0) is 44.9 Å². The maximum atomic E-state index is 12.6. The summed E-state index contributed by atoms with van der Waals surface area (Å²) in [6.45, 7) is 6.81. The number of hydrogen-bond acceptors (Lipinski definition) is 3. The summed E-state index contributed by atoms with van der Waals surface area (Å²) in [5, 5.41) is 0. The monoisotopic (exact) mass is 593 g/mol. The number of hydrogen-bond donors (Lipinski definition) is 0. The number of rotatable bonds is 35. The molecule has 3 heteroatoms. The van der Waals surface area contributed by atoms with Crippen LogP contribution in [0.25, 0.3) is 0 Å². The smallest absolute Gasteiger partial charge is 0.306 e. The van der Waals surface area contributed by atoms with E-state index >= 15 is 0 Å². The fraction of sp³-hybridized carbons (Fsp3) is 0.949. The zero-order chi connectivity index (χ0) is 30.8. The quantitative estimate of drug-likeness (QED) is 0.0543. The number of esters is 1. The van der Waals surface area contributed by atoms with Crippen LogP contribution in [0.3, 0.4) is 0 Å². The van der Waals surface area contributed by atoms with Gasteiger partial charge in [0.2, 0.25) is 0 Å². The number of unbranched alkanes of at least 4 members (excludes halogenated alkanes) is 24. The Morgan fingerprint density at radius 3 is 1.05 bits per heavy atom. The molecule has 0 aromatic rings. The molecule has 0 atom stereocenters. The molecule has 0 radical (unpaired) electrons. The second-order valence-electron chi connectivity index (χ2n) is 13.3. The second kappa shape index (κ2) is 34.6. The second-order valence-corrected chi connectivity index (χ2v) is 13.3. The fourth-order valence-electron chi connectivity index (χ4n) is 6.04. The van der Waals surface area contributed by atoms with Crippen molar-refractivity contribution in [2.75, 3.05) is 0 Å². The summed E-state index contributed by atoms with van der Waals surface area (Å²) in [5.41, 5.74) is 0. The lowest BCUT2D eigenvalue weighted by Gasteiger charge is -2.18. The molecule has 0 rings (SSSR count). The highest BCUT2D eigenvalue weighted by molar-refractivity contribution is 5.78. The van der Waals surface area contributed by atoms with Gasteiger partial charge in [-0.2, -0.15) is 0 Å². The summed E-state index contributed by atoms with van der Waals surface area (Å²) in [5.74, 6) is 0.400. The highest BCUT2D eigenvalue weighted by atomic mass is 16.5. The first kappa shape index (κ1) is 41.1. The fourth-order valence-corrected chi connectivity index (χ4v) is 6.04. The molecule has 0 bridgehead atoms. The molecule has 0 N–H and O–H groups in total. The van der Waals surface area contributed by atoms with Crippen LogP contribution in [0.15, 0.2) is 0 Å². The van der Waals surface area contributed by atoms with E-state index in [1.807, 2.05) is 0 Å². The van der Waals surface area contributed by atoms with Crippen molar-refractivity contribution in [3.63, 3.8) is 0 Å². The van der Waals surface area contributed by atoms with Crippen LogP contribution in [-0.4, -0.2) is 17.9 Å². The molecule has 0 aromatic heterocycles. The molecule has 42 heavy (non-hydrogen) atoms. The van der Waals surface area contributed by atoms with Crippen LogP contribution >= 0.6 is 0 Å². The summed E-state index contributed by atoms with van der Waals surface area (Å²) in [4.78, 5) is 24.9. The van der Waals surface area contributed by atoms with E-state index in [4.69, 9.17) is 4.74 Å². The lowest BCUT2D eigenvalue weighted by Crippen LogP contribution is -2.18. The standard InChI is InChI=1S/C39H76O3/c1-4-7-10-13-16-19-20-23-27-32-37(40)33-28-26-31-36-39(41)42-38(34-29-24-21-17-14-11-8-5-2)35-30-25-22-18-15-12-9-6-3/h38H,4-36H2,1-3H3. The highest BCUT2D eigenvalue weighted by Gasteiger charge is 2.14. The third-order valence-electron chi connectivity index (χ3n) is 8.95. The molecular formula is C39H76O3. The molecule has 0 fully saturated rings. The van der Waals surface area contributed by atoms with Crippen molar-refractivity contribution in [3.8, 4) is 0 Å². The maximum absolute atomic E-state index is 12.6. The normalized spacial score (nSPS) is 11.4. The minimum absolute atomic E-state index is 0.0137. The Bertz CT molecular complexity index is 538. The van der Waals surface area contributed by atoms with Gasteiger partial charge in [-0.3, -0.25) is 9.59 Å². The van der Waals surface area contributed by atoms with Gasteiger partial charge in [-0.15, -0.1) is 0 Å². The van der Waals surface area contributed by atoms with Gasteiger partial charge in [0.05, 0.1) is 0 Å². The molecule has 0 unspecified atom stereocenters. The predicted octanol–water partition coefficient (Wildman–Crippen LogP) is 13.4. The van der Waals surface area contributed by atoms with Gasteiger partial charge in [-0.1, -0.05) is 168 Å². The third-order valence-corrected chi connectivity index (χ3v) is 8.95. The molecular weight excluding hydrogens is 516 g/mol. The van der Waals surface area contributed by atoms with Crippen LogP contribution in [-0.2, 0) is 14.3 Å². The van der Waals surface area contributed by atoms with Crippen LogP contribution in [0, 0.1) is 0 Å². The molecule has 0 saturated heterocycles. The van der Waals surface area contributed by atoms with Gasteiger partial charge >= 0.3 is 5.97 Å². The average Bonchev–Trinajstić information content (AvgIpc) is 2.98. The van der Waals surface area contributed by atoms with Crippen LogP contribution in [0.4, 0.5) is 0 Å². The van der Waals surface area contributed by atoms with E-state index in [0.717, 1.165) is 44.9 Å². The molecule has 250 valence electrons. The molecule has 0 aliphatic rings. The van der Waals surface area contributed by atoms with Crippen molar-refractivity contribution >= 4 is 11.8 Å². The van der Waals surface area contributed by atoms with Crippen LogP contribution in [0.1, 0.15) is 233 Å². The van der Waals surface area contributed by atoms with E-state index < -0.39 is 0 Å². The highest BCUT2D eigenvalue weighted by Crippen LogP contribution is 2.19. The van der Waals surface area contributed by atoms with Crippen molar-refractivity contribution in [1.82, 2.24) is 0 Å². The number of carbonyl (C=O) groups excluding carboxylic acids is 2. The van der Waals surface area contributed by atoms with Crippen molar-refractivity contribution < 1.29 is 14.3 Å². The molecule has 3 nitrogen and oxygen atoms in total. The Morgan fingerprint density at radius 2 is 0.667 bits per heavy atom. The van der Waals surface area contributed by atoms with E-state index in [2.05, 4.69) is 20.8 Å². The van der Waals surface area contributed by atoms with Gasteiger partial charge in [-0.25, -0.2) is 0 Å². The first-order chi connectivity index (χ1) is 20.6. The molecule has 0 spiro atoms. The maximum Gasteiger partial charge on any atom is 0.306 e. The van der Waals surface area contributed by atoms with Crippen LogP contribution in [0.2, 0.25) is 0 Å². The minimum atomic E-state index is -0.0137. The van der Waals surface area contributed by atoms with Gasteiger partial charge in [0, 0.05) is 19.3 Å². The number of ketones is 1. The summed E-state index contributed by atoms with van der Waals surface area (Å²) >= 11 is 0. The average molecular weight is 593 g/mol. The molecule has 0 amide bonds. The molecule has 0 heterocycles. The summed E-state index contributed by atoms with van der Waals surface area (Å²) in [7, 11) is 0. The van der Waals surface area contributed by atoms with Crippen molar-refractivity contribution in [2.24, 2.45) is 0 Å². The van der Waals surface area contributed by atoms with E-state index in [-0.39, 0.29) is 12.1 Å². The number of Topliss-reactive ketones (excluding diaryl/α,β-unsaturated/α-hetero) is 1.